The van der Waals surface area contributed by atoms with Crippen LogP contribution in [0.4, 0.5) is 5.69 Å². The fourth-order valence-corrected chi connectivity index (χ4v) is 1.71. The van der Waals surface area contributed by atoms with Crippen LogP contribution in [0.5, 0.6) is 0 Å². The minimum absolute atomic E-state index is 0.309. The molecule has 0 aliphatic rings. The number of nitriles is 1. The lowest BCUT2D eigenvalue weighted by Crippen LogP contribution is -2.30. The summed E-state index contributed by atoms with van der Waals surface area (Å²) in [6.45, 7) is 6.75. The second-order valence-corrected chi connectivity index (χ2v) is 4.64. The number of benzene rings is 1. The Morgan fingerprint density at radius 3 is 2.47 bits per heavy atom. The topological polar surface area (TPSA) is 27.0 Å². The number of anilines is 1. The highest BCUT2D eigenvalue weighted by Crippen LogP contribution is 2.22. The van der Waals surface area contributed by atoms with Crippen molar-refractivity contribution >= 4 is 5.69 Å². The predicted octanol–water partition coefficient (Wildman–Crippen LogP) is 2.98. The van der Waals surface area contributed by atoms with Gasteiger partial charge in [0.15, 0.2) is 0 Å². The largest absolute Gasteiger partial charge is 0.373 e. The normalized spacial score (nSPS) is 10.9. The van der Waals surface area contributed by atoms with Crippen molar-refractivity contribution in [2.75, 3.05) is 18.5 Å². The maximum atomic E-state index is 8.98. The molecular weight excluding hydrogens is 184 g/mol. The summed E-state index contributed by atoms with van der Waals surface area (Å²) in [4.78, 5) is 2.14. The van der Waals surface area contributed by atoms with Gasteiger partial charge >= 0.3 is 0 Å². The van der Waals surface area contributed by atoms with Crippen LogP contribution in [0.25, 0.3) is 0 Å². The van der Waals surface area contributed by atoms with Gasteiger partial charge in [-0.2, -0.15) is 5.26 Å². The lowest BCUT2D eigenvalue weighted by Gasteiger charge is -2.27. The first-order valence-electron chi connectivity index (χ1n) is 5.14. The average molecular weight is 202 g/mol. The van der Waals surface area contributed by atoms with Gasteiger partial charge in [-0.15, -0.1) is 0 Å². The molecular formula is C13H18N2. The third kappa shape index (κ3) is 2.99. The molecule has 1 aromatic carbocycles. The number of nitrogens with zero attached hydrogens (tertiary/aromatic N) is 2. The Kier molecular flexibility index (Phi) is 3.36. The highest BCUT2D eigenvalue weighted by molar-refractivity contribution is 5.52. The van der Waals surface area contributed by atoms with Crippen LogP contribution in [-0.4, -0.2) is 13.6 Å². The van der Waals surface area contributed by atoms with Crippen LogP contribution < -0.4 is 4.90 Å². The minimum atomic E-state index is -0.309. The third-order valence-corrected chi connectivity index (χ3v) is 2.46. The molecule has 15 heavy (non-hydrogen) atoms. The van der Waals surface area contributed by atoms with E-state index in [1.54, 1.807) is 0 Å². The van der Waals surface area contributed by atoms with Crippen molar-refractivity contribution in [1.82, 2.24) is 0 Å². The Morgan fingerprint density at radius 1 is 1.33 bits per heavy atom. The standard InChI is InChI=1S/C13H18N2/c1-11-7-5-6-8-12(11)15(4)10-13(2,3)9-14/h5-8H,10H2,1-4H3. The smallest absolute Gasteiger partial charge is 0.0702 e. The van der Waals surface area contributed by atoms with E-state index in [1.165, 1.54) is 11.3 Å². The molecule has 0 spiro atoms. The van der Waals surface area contributed by atoms with Gasteiger partial charge in [-0.3, -0.25) is 0 Å². The monoisotopic (exact) mass is 202 g/mol. The molecule has 0 bridgehead atoms. The van der Waals surface area contributed by atoms with Gasteiger partial charge < -0.3 is 4.90 Å². The first-order chi connectivity index (χ1) is 6.96. The molecule has 0 heterocycles. The summed E-state index contributed by atoms with van der Waals surface area (Å²) in [6.07, 6.45) is 0. The fourth-order valence-electron chi connectivity index (χ4n) is 1.71. The average Bonchev–Trinajstić information content (AvgIpc) is 2.17. The molecule has 0 unspecified atom stereocenters. The van der Waals surface area contributed by atoms with Crippen LogP contribution >= 0.6 is 0 Å². The zero-order valence-electron chi connectivity index (χ0n) is 9.91. The molecule has 0 saturated heterocycles. The predicted molar refractivity (Wildman–Crippen MR) is 63.8 cm³/mol. The maximum Gasteiger partial charge on any atom is 0.0702 e. The maximum absolute atomic E-state index is 8.98. The molecule has 2 heteroatoms. The Balaban J connectivity index is 2.83. The Labute approximate surface area is 92.1 Å². The highest BCUT2D eigenvalue weighted by atomic mass is 15.1. The number of aryl methyl sites for hydroxylation is 1. The number of hydrogen-bond acceptors (Lipinski definition) is 2. The molecule has 0 N–H and O–H groups in total. The van der Waals surface area contributed by atoms with Crippen LogP contribution in [0, 0.1) is 23.7 Å². The van der Waals surface area contributed by atoms with Crippen molar-refractivity contribution in [2.24, 2.45) is 5.41 Å². The van der Waals surface area contributed by atoms with Crippen LogP contribution in [-0.2, 0) is 0 Å². The summed E-state index contributed by atoms with van der Waals surface area (Å²) in [7, 11) is 2.03. The molecule has 0 aliphatic carbocycles. The number of rotatable bonds is 3. The van der Waals surface area contributed by atoms with Crippen LogP contribution in [0.2, 0.25) is 0 Å². The number of hydrogen-bond donors (Lipinski definition) is 0. The second kappa shape index (κ2) is 4.35. The zero-order chi connectivity index (χ0) is 11.5. The Hall–Kier alpha value is -1.49. The molecule has 0 saturated carbocycles. The molecule has 0 atom stereocenters. The van der Waals surface area contributed by atoms with Crippen molar-refractivity contribution in [2.45, 2.75) is 20.8 Å². The summed E-state index contributed by atoms with van der Waals surface area (Å²) in [5, 5.41) is 8.98. The van der Waals surface area contributed by atoms with Crippen molar-refractivity contribution in [1.29, 1.82) is 5.26 Å². The van der Waals surface area contributed by atoms with Gasteiger partial charge in [0.1, 0.15) is 0 Å². The Morgan fingerprint density at radius 2 is 1.93 bits per heavy atom. The number of para-hydroxylation sites is 1. The molecule has 0 aliphatic heterocycles. The van der Waals surface area contributed by atoms with Gasteiger partial charge in [0, 0.05) is 19.3 Å². The van der Waals surface area contributed by atoms with Gasteiger partial charge in [0.05, 0.1) is 11.5 Å². The van der Waals surface area contributed by atoms with Gasteiger partial charge in [-0.25, -0.2) is 0 Å². The van der Waals surface area contributed by atoms with Gasteiger partial charge in [0.25, 0.3) is 0 Å². The van der Waals surface area contributed by atoms with Crippen molar-refractivity contribution in [3.8, 4) is 6.07 Å². The first kappa shape index (κ1) is 11.6. The van der Waals surface area contributed by atoms with Crippen molar-refractivity contribution < 1.29 is 0 Å². The molecule has 1 rings (SSSR count). The van der Waals surface area contributed by atoms with E-state index in [1.807, 2.05) is 33.0 Å². The Bertz CT molecular complexity index is 374. The first-order valence-corrected chi connectivity index (χ1v) is 5.14. The van der Waals surface area contributed by atoms with Crippen LogP contribution in [0.1, 0.15) is 19.4 Å². The third-order valence-electron chi connectivity index (χ3n) is 2.46. The van der Waals surface area contributed by atoms with E-state index >= 15 is 0 Å². The molecule has 0 amide bonds. The van der Waals surface area contributed by atoms with E-state index in [0.29, 0.717) is 0 Å². The molecule has 0 radical (unpaired) electrons. The van der Waals surface area contributed by atoms with Crippen LogP contribution in [0.3, 0.4) is 0 Å². The van der Waals surface area contributed by atoms with E-state index in [-0.39, 0.29) is 5.41 Å². The van der Waals surface area contributed by atoms with Gasteiger partial charge in [-0.05, 0) is 32.4 Å². The van der Waals surface area contributed by atoms with E-state index in [2.05, 4.69) is 30.0 Å². The lowest BCUT2D eigenvalue weighted by atomic mass is 9.95. The summed E-state index contributed by atoms with van der Waals surface area (Å²) >= 11 is 0. The zero-order valence-corrected chi connectivity index (χ0v) is 9.91. The van der Waals surface area contributed by atoms with Crippen LogP contribution in [0.15, 0.2) is 24.3 Å². The summed E-state index contributed by atoms with van der Waals surface area (Å²) in [5.41, 5.74) is 2.13. The van der Waals surface area contributed by atoms with Crippen molar-refractivity contribution in [3.05, 3.63) is 29.8 Å². The lowest BCUT2D eigenvalue weighted by molar-refractivity contribution is 0.497. The summed E-state index contributed by atoms with van der Waals surface area (Å²) < 4.78 is 0. The minimum Gasteiger partial charge on any atom is -0.373 e. The molecule has 0 aromatic heterocycles. The van der Waals surface area contributed by atoms with E-state index in [4.69, 9.17) is 5.26 Å². The van der Waals surface area contributed by atoms with Gasteiger partial charge in [-0.1, -0.05) is 18.2 Å². The summed E-state index contributed by atoms with van der Waals surface area (Å²) in [5.74, 6) is 0. The molecule has 1 aromatic rings. The quantitative estimate of drug-likeness (QED) is 0.753. The molecule has 2 nitrogen and oxygen atoms in total. The highest BCUT2D eigenvalue weighted by Gasteiger charge is 2.19. The molecule has 80 valence electrons. The second-order valence-electron chi connectivity index (χ2n) is 4.64. The van der Waals surface area contributed by atoms with E-state index in [9.17, 15) is 0 Å². The van der Waals surface area contributed by atoms with E-state index in [0.717, 1.165) is 6.54 Å². The summed E-state index contributed by atoms with van der Waals surface area (Å²) in [6, 6.07) is 10.6. The molecule has 0 fully saturated rings. The SMILES string of the molecule is Cc1ccccc1N(C)CC(C)(C)C#N. The van der Waals surface area contributed by atoms with Gasteiger partial charge in [0.2, 0.25) is 0 Å². The fraction of sp³-hybridized carbons (Fsp3) is 0.462. The van der Waals surface area contributed by atoms with Crippen molar-refractivity contribution in [3.63, 3.8) is 0 Å². The van der Waals surface area contributed by atoms with E-state index < -0.39 is 0 Å².